The Balaban J connectivity index is 3.35. The topological polar surface area (TPSA) is 56.0 Å². The van der Waals surface area contributed by atoms with Gasteiger partial charge in [-0.15, -0.1) is 0 Å². The molecule has 82 valence electrons. The lowest BCUT2D eigenvalue weighted by atomic mass is 10.2. The molecule has 0 aliphatic rings. The van der Waals surface area contributed by atoms with Crippen molar-refractivity contribution in [2.75, 3.05) is 0 Å². The van der Waals surface area contributed by atoms with E-state index < -0.39 is 28.5 Å². The van der Waals surface area contributed by atoms with Gasteiger partial charge in [-0.1, -0.05) is 15.9 Å². The largest absolute Gasteiger partial charge is 0.400 e. The highest BCUT2D eigenvalue weighted by Crippen LogP contribution is 2.27. The van der Waals surface area contributed by atoms with Crippen LogP contribution in [0.5, 0.6) is 0 Å². The van der Waals surface area contributed by atoms with Gasteiger partial charge >= 0.3 is 5.82 Å². The number of aromatic nitrogens is 1. The molecule has 0 bridgehead atoms. The summed E-state index contributed by atoms with van der Waals surface area (Å²) < 4.78 is 37.6. The number of pyridine rings is 1. The lowest BCUT2D eigenvalue weighted by Gasteiger charge is -2.02. The summed E-state index contributed by atoms with van der Waals surface area (Å²) in [6, 6.07) is 0.437. The normalized spacial score (nSPS) is 10.7. The lowest BCUT2D eigenvalue weighted by molar-refractivity contribution is -0.392. The fourth-order valence-electron chi connectivity index (χ4n) is 0.954. The molecule has 0 unspecified atom stereocenters. The van der Waals surface area contributed by atoms with Gasteiger partial charge in [0.1, 0.15) is 0 Å². The SMILES string of the molecule is O=[N+]([O-])c1nc(CBr)c(C(F)F)cc1F. The molecular weight excluding hydrogens is 281 g/mol. The van der Waals surface area contributed by atoms with Crippen molar-refractivity contribution in [2.24, 2.45) is 0 Å². The molecule has 0 radical (unpaired) electrons. The third-order valence-corrected chi connectivity index (χ3v) is 2.14. The summed E-state index contributed by atoms with van der Waals surface area (Å²) in [6.45, 7) is 0. The highest BCUT2D eigenvalue weighted by Gasteiger charge is 2.25. The van der Waals surface area contributed by atoms with Crippen molar-refractivity contribution in [3.63, 3.8) is 0 Å². The average molecular weight is 285 g/mol. The lowest BCUT2D eigenvalue weighted by Crippen LogP contribution is -2.03. The third kappa shape index (κ3) is 2.44. The van der Waals surface area contributed by atoms with Crippen LogP contribution in [0.25, 0.3) is 0 Å². The van der Waals surface area contributed by atoms with Crippen LogP contribution >= 0.6 is 15.9 Å². The first kappa shape index (κ1) is 11.9. The first-order valence-corrected chi connectivity index (χ1v) is 4.77. The van der Waals surface area contributed by atoms with E-state index in [1.807, 2.05) is 0 Å². The zero-order valence-electron chi connectivity index (χ0n) is 7.08. The zero-order chi connectivity index (χ0) is 11.6. The number of rotatable bonds is 3. The highest BCUT2D eigenvalue weighted by molar-refractivity contribution is 9.08. The Kier molecular flexibility index (Phi) is 3.61. The first-order chi connectivity index (χ1) is 6.97. The van der Waals surface area contributed by atoms with Crippen molar-refractivity contribution >= 4 is 21.7 Å². The van der Waals surface area contributed by atoms with Gasteiger partial charge in [-0.25, -0.2) is 8.78 Å². The second-order valence-corrected chi connectivity index (χ2v) is 3.08. The molecule has 0 aliphatic heterocycles. The summed E-state index contributed by atoms with van der Waals surface area (Å²) in [5.74, 6) is -2.41. The molecule has 1 rings (SSSR count). The van der Waals surface area contributed by atoms with Crippen LogP contribution in [0, 0.1) is 15.9 Å². The quantitative estimate of drug-likeness (QED) is 0.487. The minimum atomic E-state index is -2.92. The maximum absolute atomic E-state index is 12.9. The Morgan fingerprint density at radius 1 is 1.60 bits per heavy atom. The van der Waals surface area contributed by atoms with Crippen LogP contribution in [0.3, 0.4) is 0 Å². The molecule has 0 atom stereocenters. The van der Waals surface area contributed by atoms with Gasteiger partial charge < -0.3 is 10.1 Å². The summed E-state index contributed by atoms with van der Waals surface area (Å²) in [5, 5.41) is 10.2. The fourth-order valence-corrected chi connectivity index (χ4v) is 1.40. The van der Waals surface area contributed by atoms with Crippen LogP contribution in [0.15, 0.2) is 6.07 Å². The monoisotopic (exact) mass is 284 g/mol. The summed E-state index contributed by atoms with van der Waals surface area (Å²) in [4.78, 5) is 12.4. The minimum absolute atomic E-state index is 0.103. The Morgan fingerprint density at radius 3 is 2.60 bits per heavy atom. The molecule has 0 amide bonds. The second-order valence-electron chi connectivity index (χ2n) is 2.52. The van der Waals surface area contributed by atoms with Gasteiger partial charge in [0.15, 0.2) is 5.69 Å². The standard InChI is InChI=1S/C7H4BrF3N2O2/c8-2-5-3(6(10)11)1-4(9)7(12-5)13(14)15/h1,6H,2H2. The van der Waals surface area contributed by atoms with E-state index in [1.54, 1.807) is 0 Å². The summed E-state index contributed by atoms with van der Waals surface area (Å²) in [5.41, 5.74) is -0.881. The molecule has 1 aromatic heterocycles. The number of alkyl halides is 3. The van der Waals surface area contributed by atoms with Gasteiger partial charge in [-0.3, -0.25) is 0 Å². The van der Waals surface area contributed by atoms with Crippen LogP contribution in [0.4, 0.5) is 19.0 Å². The van der Waals surface area contributed by atoms with E-state index in [4.69, 9.17) is 0 Å². The molecule has 4 nitrogen and oxygen atoms in total. The summed E-state index contributed by atoms with van der Waals surface area (Å²) in [6.07, 6.45) is -2.92. The van der Waals surface area contributed by atoms with E-state index in [0.717, 1.165) is 0 Å². The molecule has 1 aromatic rings. The number of hydrogen-bond acceptors (Lipinski definition) is 3. The maximum atomic E-state index is 12.9. The maximum Gasteiger partial charge on any atom is 0.400 e. The Morgan fingerprint density at radius 2 is 2.20 bits per heavy atom. The molecule has 0 N–H and O–H groups in total. The third-order valence-electron chi connectivity index (χ3n) is 1.60. The Bertz CT molecular complexity index is 400. The van der Waals surface area contributed by atoms with Crippen molar-refractivity contribution in [1.29, 1.82) is 0 Å². The molecule has 0 aromatic carbocycles. The number of nitrogens with zero attached hydrogens (tertiary/aromatic N) is 2. The van der Waals surface area contributed by atoms with Crippen LogP contribution in [0.1, 0.15) is 17.7 Å². The Labute approximate surface area is 90.4 Å². The smallest absolute Gasteiger partial charge is 0.358 e. The van der Waals surface area contributed by atoms with Gasteiger partial charge in [0, 0.05) is 0 Å². The van der Waals surface area contributed by atoms with Gasteiger partial charge in [-0.2, -0.15) is 4.39 Å². The summed E-state index contributed by atoms with van der Waals surface area (Å²) in [7, 11) is 0. The number of hydrogen-bond donors (Lipinski definition) is 0. The molecule has 0 aliphatic carbocycles. The minimum Gasteiger partial charge on any atom is -0.358 e. The van der Waals surface area contributed by atoms with E-state index in [1.165, 1.54) is 0 Å². The molecule has 0 saturated carbocycles. The predicted molar refractivity (Wildman–Crippen MR) is 48.4 cm³/mol. The number of halogens is 4. The number of nitro groups is 1. The highest BCUT2D eigenvalue weighted by atomic mass is 79.9. The van der Waals surface area contributed by atoms with Crippen LogP contribution < -0.4 is 0 Å². The van der Waals surface area contributed by atoms with Gasteiger partial charge in [0.2, 0.25) is 5.82 Å². The van der Waals surface area contributed by atoms with Crippen molar-refractivity contribution in [2.45, 2.75) is 11.8 Å². The van der Waals surface area contributed by atoms with Crippen molar-refractivity contribution in [1.82, 2.24) is 4.98 Å². The fraction of sp³-hybridized carbons (Fsp3) is 0.286. The van der Waals surface area contributed by atoms with Gasteiger partial charge in [0.05, 0.1) is 10.9 Å². The Hall–Kier alpha value is -1.18. The van der Waals surface area contributed by atoms with E-state index >= 15 is 0 Å². The van der Waals surface area contributed by atoms with E-state index in [9.17, 15) is 23.3 Å². The summed E-state index contributed by atoms with van der Waals surface area (Å²) >= 11 is 2.84. The molecule has 0 saturated heterocycles. The average Bonchev–Trinajstić information content (AvgIpc) is 2.16. The van der Waals surface area contributed by atoms with Crippen LogP contribution in [0.2, 0.25) is 0 Å². The van der Waals surface area contributed by atoms with Gasteiger partial charge in [-0.05, 0) is 16.0 Å². The molecule has 15 heavy (non-hydrogen) atoms. The van der Waals surface area contributed by atoms with Crippen molar-refractivity contribution in [3.8, 4) is 0 Å². The molecule has 0 spiro atoms. The molecule has 1 heterocycles. The van der Waals surface area contributed by atoms with E-state index in [-0.39, 0.29) is 11.0 Å². The second kappa shape index (κ2) is 4.56. The molecular formula is C7H4BrF3N2O2. The van der Waals surface area contributed by atoms with Crippen LogP contribution in [-0.2, 0) is 5.33 Å². The van der Waals surface area contributed by atoms with Crippen molar-refractivity contribution < 1.29 is 18.1 Å². The molecule has 8 heteroatoms. The van der Waals surface area contributed by atoms with Gasteiger partial charge in [0.25, 0.3) is 6.43 Å². The molecule has 0 fully saturated rings. The van der Waals surface area contributed by atoms with Crippen LogP contribution in [-0.4, -0.2) is 9.91 Å². The first-order valence-electron chi connectivity index (χ1n) is 3.65. The van der Waals surface area contributed by atoms with E-state index in [2.05, 4.69) is 20.9 Å². The van der Waals surface area contributed by atoms with E-state index in [0.29, 0.717) is 6.07 Å². The van der Waals surface area contributed by atoms with Crippen molar-refractivity contribution in [3.05, 3.63) is 33.3 Å². The predicted octanol–water partition coefficient (Wildman–Crippen LogP) is 2.96. The zero-order valence-corrected chi connectivity index (χ0v) is 8.67.